The minimum absolute atomic E-state index is 0.0705. The van der Waals surface area contributed by atoms with E-state index in [-0.39, 0.29) is 6.04 Å². The second-order valence-corrected chi connectivity index (χ2v) is 5.44. The fourth-order valence-corrected chi connectivity index (χ4v) is 2.47. The van der Waals surface area contributed by atoms with Crippen LogP contribution in [0.5, 0.6) is 0 Å². The molecular weight excluding hydrogens is 224 g/mol. The lowest BCUT2D eigenvalue weighted by atomic mass is 10.0. The molecular formula is C14H24N4. The highest BCUT2D eigenvalue weighted by Crippen LogP contribution is 2.22. The molecule has 18 heavy (non-hydrogen) atoms. The molecule has 0 aliphatic carbocycles. The van der Waals surface area contributed by atoms with E-state index < -0.39 is 0 Å². The molecule has 1 aromatic heterocycles. The molecule has 2 rings (SSSR count). The number of anilines is 1. The Morgan fingerprint density at radius 1 is 1.50 bits per heavy atom. The third-order valence-corrected chi connectivity index (χ3v) is 3.75. The van der Waals surface area contributed by atoms with Crippen LogP contribution < -0.4 is 10.6 Å². The molecule has 2 heterocycles. The van der Waals surface area contributed by atoms with Crippen molar-refractivity contribution < 1.29 is 0 Å². The van der Waals surface area contributed by atoms with Gasteiger partial charge in [-0.15, -0.1) is 0 Å². The number of likely N-dealkylation sites (N-methyl/N-ethyl adjacent to an activating group) is 1. The lowest BCUT2D eigenvalue weighted by Crippen LogP contribution is -2.45. The molecule has 1 unspecified atom stereocenters. The van der Waals surface area contributed by atoms with E-state index in [0.717, 1.165) is 24.5 Å². The Morgan fingerprint density at radius 2 is 2.28 bits per heavy atom. The van der Waals surface area contributed by atoms with Crippen LogP contribution in [0.15, 0.2) is 18.3 Å². The van der Waals surface area contributed by atoms with Gasteiger partial charge in [0.1, 0.15) is 5.82 Å². The van der Waals surface area contributed by atoms with Crippen molar-refractivity contribution in [2.45, 2.75) is 31.8 Å². The number of piperidine rings is 1. The van der Waals surface area contributed by atoms with Crippen LogP contribution in [0.4, 0.5) is 5.82 Å². The molecule has 100 valence electrons. The Balaban J connectivity index is 2.13. The standard InChI is InChI=1S/C14H24N4/c1-11(15)12-6-7-16-14(9-12)18-8-4-5-13(10-18)17(2)3/h6-7,9,11,13H,4-5,8,10,15H2,1-3H3/t11-,13?/m1/s1. The third kappa shape index (κ3) is 3.00. The summed E-state index contributed by atoms with van der Waals surface area (Å²) in [5.74, 6) is 1.07. The smallest absolute Gasteiger partial charge is 0.128 e. The topological polar surface area (TPSA) is 45.4 Å². The first kappa shape index (κ1) is 13.3. The Morgan fingerprint density at radius 3 is 2.94 bits per heavy atom. The summed E-state index contributed by atoms with van der Waals surface area (Å²) in [6.07, 6.45) is 4.37. The minimum Gasteiger partial charge on any atom is -0.355 e. The molecule has 0 saturated carbocycles. The van der Waals surface area contributed by atoms with Gasteiger partial charge in [0.25, 0.3) is 0 Å². The first-order valence-corrected chi connectivity index (χ1v) is 6.71. The van der Waals surface area contributed by atoms with E-state index in [1.165, 1.54) is 12.8 Å². The molecule has 0 amide bonds. The van der Waals surface area contributed by atoms with Crippen molar-refractivity contribution in [2.75, 3.05) is 32.1 Å². The van der Waals surface area contributed by atoms with Gasteiger partial charge in [0, 0.05) is 31.4 Å². The summed E-state index contributed by atoms with van der Waals surface area (Å²) in [6.45, 7) is 4.17. The van der Waals surface area contributed by atoms with E-state index in [4.69, 9.17) is 5.73 Å². The van der Waals surface area contributed by atoms with E-state index >= 15 is 0 Å². The largest absolute Gasteiger partial charge is 0.355 e. The number of hydrogen-bond acceptors (Lipinski definition) is 4. The molecule has 1 fully saturated rings. The molecule has 0 bridgehead atoms. The summed E-state index contributed by atoms with van der Waals surface area (Å²) in [7, 11) is 4.31. The first-order chi connectivity index (χ1) is 8.58. The summed E-state index contributed by atoms with van der Waals surface area (Å²) < 4.78 is 0. The van der Waals surface area contributed by atoms with Crippen molar-refractivity contribution >= 4 is 5.82 Å². The van der Waals surface area contributed by atoms with E-state index in [1.54, 1.807) is 0 Å². The predicted octanol–water partition coefficient (Wildman–Crippen LogP) is 1.63. The minimum atomic E-state index is 0.0705. The Kier molecular flexibility index (Phi) is 4.19. The van der Waals surface area contributed by atoms with Gasteiger partial charge in [0.05, 0.1) is 0 Å². The Labute approximate surface area is 110 Å². The van der Waals surface area contributed by atoms with Crippen LogP contribution in [0.2, 0.25) is 0 Å². The molecule has 1 aromatic rings. The summed E-state index contributed by atoms with van der Waals surface area (Å²) in [6, 6.07) is 4.82. The van der Waals surface area contributed by atoms with Gasteiger partial charge in [-0.3, -0.25) is 0 Å². The van der Waals surface area contributed by atoms with Crippen molar-refractivity contribution in [1.82, 2.24) is 9.88 Å². The van der Waals surface area contributed by atoms with Crippen LogP contribution in [0.3, 0.4) is 0 Å². The molecule has 0 aromatic carbocycles. The number of aromatic nitrogens is 1. The molecule has 0 spiro atoms. The van der Waals surface area contributed by atoms with E-state index in [2.05, 4.69) is 34.9 Å². The number of nitrogens with zero attached hydrogens (tertiary/aromatic N) is 3. The van der Waals surface area contributed by atoms with Crippen LogP contribution in [-0.2, 0) is 0 Å². The zero-order valence-corrected chi connectivity index (χ0v) is 11.6. The fourth-order valence-electron chi connectivity index (χ4n) is 2.47. The molecule has 4 nitrogen and oxygen atoms in total. The average molecular weight is 248 g/mol. The van der Waals surface area contributed by atoms with Gasteiger partial charge in [-0.05, 0) is 51.6 Å². The van der Waals surface area contributed by atoms with E-state index in [0.29, 0.717) is 6.04 Å². The number of nitrogens with two attached hydrogens (primary N) is 1. The highest BCUT2D eigenvalue weighted by atomic mass is 15.2. The van der Waals surface area contributed by atoms with Crippen molar-refractivity contribution in [1.29, 1.82) is 0 Å². The number of rotatable bonds is 3. The van der Waals surface area contributed by atoms with Gasteiger partial charge < -0.3 is 15.5 Å². The highest BCUT2D eigenvalue weighted by molar-refractivity contribution is 5.42. The molecule has 1 aliphatic rings. The fraction of sp³-hybridized carbons (Fsp3) is 0.643. The van der Waals surface area contributed by atoms with Gasteiger partial charge >= 0.3 is 0 Å². The number of hydrogen-bond donors (Lipinski definition) is 1. The second-order valence-electron chi connectivity index (χ2n) is 5.44. The Bertz CT molecular complexity index is 389. The van der Waals surface area contributed by atoms with Crippen LogP contribution in [0.25, 0.3) is 0 Å². The summed E-state index contributed by atoms with van der Waals surface area (Å²) in [5, 5.41) is 0. The van der Waals surface area contributed by atoms with Gasteiger partial charge in [-0.2, -0.15) is 0 Å². The monoisotopic (exact) mass is 248 g/mol. The lowest BCUT2D eigenvalue weighted by molar-refractivity contribution is 0.257. The maximum Gasteiger partial charge on any atom is 0.128 e. The second kappa shape index (κ2) is 5.67. The molecule has 1 saturated heterocycles. The molecule has 4 heteroatoms. The zero-order valence-electron chi connectivity index (χ0n) is 11.6. The maximum atomic E-state index is 5.93. The summed E-state index contributed by atoms with van der Waals surface area (Å²) >= 11 is 0. The first-order valence-electron chi connectivity index (χ1n) is 6.71. The average Bonchev–Trinajstić information content (AvgIpc) is 2.39. The van der Waals surface area contributed by atoms with Crippen molar-refractivity contribution in [3.8, 4) is 0 Å². The molecule has 0 radical (unpaired) electrons. The van der Waals surface area contributed by atoms with Crippen LogP contribution in [0, 0.1) is 0 Å². The van der Waals surface area contributed by atoms with Gasteiger partial charge in [-0.1, -0.05) is 0 Å². The van der Waals surface area contributed by atoms with E-state index in [9.17, 15) is 0 Å². The predicted molar refractivity (Wildman–Crippen MR) is 75.8 cm³/mol. The normalized spacial score (nSPS) is 22.3. The summed E-state index contributed by atoms with van der Waals surface area (Å²) in [4.78, 5) is 9.17. The zero-order chi connectivity index (χ0) is 13.1. The third-order valence-electron chi connectivity index (χ3n) is 3.75. The highest BCUT2D eigenvalue weighted by Gasteiger charge is 2.22. The molecule has 1 aliphatic heterocycles. The van der Waals surface area contributed by atoms with Crippen molar-refractivity contribution in [2.24, 2.45) is 5.73 Å². The van der Waals surface area contributed by atoms with Gasteiger partial charge in [-0.25, -0.2) is 4.98 Å². The quantitative estimate of drug-likeness (QED) is 0.883. The van der Waals surface area contributed by atoms with Crippen molar-refractivity contribution in [3.63, 3.8) is 0 Å². The Hall–Kier alpha value is -1.13. The van der Waals surface area contributed by atoms with Gasteiger partial charge in [0.2, 0.25) is 0 Å². The molecule has 2 N–H and O–H groups in total. The lowest BCUT2D eigenvalue weighted by Gasteiger charge is -2.37. The van der Waals surface area contributed by atoms with E-state index in [1.807, 2.05) is 19.2 Å². The van der Waals surface area contributed by atoms with Crippen LogP contribution >= 0.6 is 0 Å². The maximum absolute atomic E-state index is 5.93. The molecule has 2 atom stereocenters. The van der Waals surface area contributed by atoms with Crippen LogP contribution in [-0.4, -0.2) is 43.1 Å². The number of pyridine rings is 1. The van der Waals surface area contributed by atoms with Crippen LogP contribution in [0.1, 0.15) is 31.4 Å². The SMILES string of the molecule is C[C@@H](N)c1ccnc(N2CCCC(N(C)C)C2)c1. The summed E-state index contributed by atoms with van der Waals surface area (Å²) in [5.41, 5.74) is 7.09. The van der Waals surface area contributed by atoms with Crippen molar-refractivity contribution in [3.05, 3.63) is 23.9 Å². The van der Waals surface area contributed by atoms with Gasteiger partial charge in [0.15, 0.2) is 0 Å².